The summed E-state index contributed by atoms with van der Waals surface area (Å²) in [6, 6.07) is 6.37. The minimum absolute atomic E-state index is 0.300. The van der Waals surface area contributed by atoms with Gasteiger partial charge < -0.3 is 9.67 Å². The summed E-state index contributed by atoms with van der Waals surface area (Å²) < 4.78 is 2.17. The van der Waals surface area contributed by atoms with Crippen molar-refractivity contribution in [3.8, 4) is 11.3 Å². The van der Waals surface area contributed by atoms with Crippen LogP contribution in [-0.2, 0) is 17.8 Å². The zero-order chi connectivity index (χ0) is 15.1. The second-order valence-electron chi connectivity index (χ2n) is 5.96. The summed E-state index contributed by atoms with van der Waals surface area (Å²) in [5.41, 5.74) is 5.73. The molecular weight excluding hydrogens is 264 g/mol. The maximum absolute atomic E-state index is 11.2. The number of fused-ring (bicyclic) bond motifs is 1. The van der Waals surface area contributed by atoms with Gasteiger partial charge in [0.1, 0.15) is 5.82 Å². The lowest BCUT2D eigenvalue weighted by molar-refractivity contribution is -0.142. The Morgan fingerprint density at radius 2 is 2.10 bits per heavy atom. The van der Waals surface area contributed by atoms with E-state index >= 15 is 0 Å². The molecule has 1 atom stereocenters. The van der Waals surface area contributed by atoms with E-state index in [2.05, 4.69) is 43.5 Å². The average Bonchev–Trinajstić information content (AvgIpc) is 2.75. The van der Waals surface area contributed by atoms with Crippen LogP contribution in [0.4, 0.5) is 0 Å². The van der Waals surface area contributed by atoms with Crippen LogP contribution in [0.5, 0.6) is 0 Å². The number of rotatable bonds is 2. The van der Waals surface area contributed by atoms with Crippen LogP contribution < -0.4 is 0 Å². The highest BCUT2D eigenvalue weighted by Gasteiger charge is 2.28. The normalized spacial score (nSPS) is 17.6. The first-order valence-electron chi connectivity index (χ1n) is 7.34. The molecule has 3 rings (SSSR count). The van der Waals surface area contributed by atoms with E-state index in [1.165, 1.54) is 11.1 Å². The lowest BCUT2D eigenvalue weighted by Crippen LogP contribution is -2.26. The minimum Gasteiger partial charge on any atom is -0.481 e. The quantitative estimate of drug-likeness (QED) is 0.921. The number of aliphatic carboxylic acids is 1. The Hall–Kier alpha value is -2.10. The molecule has 4 nitrogen and oxygen atoms in total. The number of carboxylic acid groups (broad SMARTS) is 1. The van der Waals surface area contributed by atoms with Crippen LogP contribution in [-0.4, -0.2) is 20.6 Å². The summed E-state index contributed by atoms with van der Waals surface area (Å²) in [6.07, 6.45) is 1.22. The average molecular weight is 284 g/mol. The van der Waals surface area contributed by atoms with Gasteiger partial charge in [-0.2, -0.15) is 0 Å². The summed E-state index contributed by atoms with van der Waals surface area (Å²) >= 11 is 0. The highest BCUT2D eigenvalue weighted by molar-refractivity contribution is 5.71. The summed E-state index contributed by atoms with van der Waals surface area (Å²) in [4.78, 5) is 15.9. The molecule has 1 N–H and O–H groups in total. The van der Waals surface area contributed by atoms with Gasteiger partial charge >= 0.3 is 5.97 Å². The molecule has 0 bridgehead atoms. The fourth-order valence-electron chi connectivity index (χ4n) is 3.20. The zero-order valence-electron chi connectivity index (χ0n) is 12.7. The van der Waals surface area contributed by atoms with E-state index in [9.17, 15) is 9.90 Å². The van der Waals surface area contributed by atoms with Gasteiger partial charge in [-0.1, -0.05) is 23.8 Å². The molecule has 2 heterocycles. The maximum atomic E-state index is 11.2. The van der Waals surface area contributed by atoms with Crippen LogP contribution in [0, 0.1) is 26.7 Å². The Balaban J connectivity index is 2.04. The van der Waals surface area contributed by atoms with Gasteiger partial charge in [0, 0.05) is 24.2 Å². The highest BCUT2D eigenvalue weighted by Crippen LogP contribution is 2.31. The van der Waals surface area contributed by atoms with Crippen LogP contribution in [0.2, 0.25) is 0 Å². The van der Waals surface area contributed by atoms with Gasteiger partial charge in [0.25, 0.3) is 0 Å². The Morgan fingerprint density at radius 1 is 1.33 bits per heavy atom. The van der Waals surface area contributed by atoms with Gasteiger partial charge in [-0.3, -0.25) is 4.79 Å². The number of aromatic nitrogens is 2. The maximum Gasteiger partial charge on any atom is 0.307 e. The molecule has 0 saturated carbocycles. The molecule has 0 saturated heterocycles. The number of hydrogen-bond acceptors (Lipinski definition) is 2. The number of benzene rings is 1. The molecule has 110 valence electrons. The number of imidazole rings is 1. The van der Waals surface area contributed by atoms with Crippen molar-refractivity contribution >= 4 is 5.97 Å². The predicted octanol–water partition coefficient (Wildman–Crippen LogP) is 3.12. The van der Waals surface area contributed by atoms with Gasteiger partial charge in [-0.15, -0.1) is 0 Å². The Bertz CT molecular complexity index is 716. The molecular formula is C17H20N2O2. The Morgan fingerprint density at radius 3 is 2.76 bits per heavy atom. The van der Waals surface area contributed by atoms with Crippen LogP contribution >= 0.6 is 0 Å². The molecule has 0 radical (unpaired) electrons. The molecule has 4 heteroatoms. The van der Waals surface area contributed by atoms with E-state index in [-0.39, 0.29) is 5.92 Å². The first-order chi connectivity index (χ1) is 9.97. The van der Waals surface area contributed by atoms with Gasteiger partial charge in [-0.05, 0) is 32.8 Å². The number of hydrogen-bond donors (Lipinski definition) is 1. The SMILES string of the molecule is Cc1ccc(-c2nc3n(c2C)CCC(C(=O)O)C3)c(C)c1. The van der Waals surface area contributed by atoms with E-state index in [0.29, 0.717) is 12.8 Å². The number of carbonyl (C=O) groups is 1. The van der Waals surface area contributed by atoms with E-state index in [4.69, 9.17) is 4.98 Å². The van der Waals surface area contributed by atoms with Gasteiger partial charge in [0.05, 0.1) is 11.6 Å². The molecule has 1 aromatic heterocycles. The Kier molecular flexibility index (Phi) is 3.32. The van der Waals surface area contributed by atoms with Crippen LogP contribution in [0.1, 0.15) is 29.1 Å². The van der Waals surface area contributed by atoms with E-state index in [1.807, 2.05) is 0 Å². The summed E-state index contributed by atoms with van der Waals surface area (Å²) in [6.45, 7) is 7.00. The summed E-state index contributed by atoms with van der Waals surface area (Å²) in [5.74, 6) is -0.109. The summed E-state index contributed by atoms with van der Waals surface area (Å²) in [7, 11) is 0. The number of aryl methyl sites for hydroxylation is 2. The summed E-state index contributed by atoms with van der Waals surface area (Å²) in [5, 5.41) is 9.19. The molecule has 1 aliphatic rings. The molecule has 2 aromatic rings. The largest absolute Gasteiger partial charge is 0.481 e. The lowest BCUT2D eigenvalue weighted by atomic mass is 9.98. The third-order valence-electron chi connectivity index (χ3n) is 4.42. The van der Waals surface area contributed by atoms with Crippen molar-refractivity contribution in [3.63, 3.8) is 0 Å². The number of carboxylic acids is 1. The molecule has 1 aromatic carbocycles. The van der Waals surface area contributed by atoms with Crippen molar-refractivity contribution in [1.82, 2.24) is 9.55 Å². The fraction of sp³-hybridized carbons (Fsp3) is 0.412. The molecule has 0 spiro atoms. The molecule has 0 amide bonds. The van der Waals surface area contributed by atoms with Crippen molar-refractivity contribution < 1.29 is 9.90 Å². The minimum atomic E-state index is -0.713. The molecule has 1 unspecified atom stereocenters. The predicted molar refractivity (Wildman–Crippen MR) is 81.3 cm³/mol. The molecule has 0 aliphatic carbocycles. The van der Waals surface area contributed by atoms with Crippen molar-refractivity contribution in [2.75, 3.05) is 0 Å². The van der Waals surface area contributed by atoms with Crippen LogP contribution in [0.3, 0.4) is 0 Å². The first kappa shape index (κ1) is 13.9. The second kappa shape index (κ2) is 5.02. The topological polar surface area (TPSA) is 55.1 Å². The monoisotopic (exact) mass is 284 g/mol. The van der Waals surface area contributed by atoms with Gasteiger partial charge in [0.2, 0.25) is 0 Å². The van der Waals surface area contributed by atoms with Gasteiger partial charge in [-0.25, -0.2) is 4.98 Å². The molecule has 0 fully saturated rings. The number of nitrogens with zero attached hydrogens (tertiary/aromatic N) is 2. The third kappa shape index (κ3) is 2.35. The lowest BCUT2D eigenvalue weighted by Gasteiger charge is -2.20. The van der Waals surface area contributed by atoms with Crippen molar-refractivity contribution in [2.24, 2.45) is 5.92 Å². The molecule has 1 aliphatic heterocycles. The van der Waals surface area contributed by atoms with Crippen molar-refractivity contribution in [3.05, 3.63) is 40.8 Å². The Labute approximate surface area is 124 Å². The first-order valence-corrected chi connectivity index (χ1v) is 7.34. The van der Waals surface area contributed by atoms with Crippen molar-refractivity contribution in [2.45, 2.75) is 40.2 Å². The van der Waals surface area contributed by atoms with E-state index in [1.54, 1.807) is 0 Å². The van der Waals surface area contributed by atoms with Crippen LogP contribution in [0.15, 0.2) is 18.2 Å². The molecule has 21 heavy (non-hydrogen) atoms. The van der Waals surface area contributed by atoms with E-state index < -0.39 is 5.97 Å². The zero-order valence-corrected chi connectivity index (χ0v) is 12.7. The fourth-order valence-corrected chi connectivity index (χ4v) is 3.20. The smallest absolute Gasteiger partial charge is 0.307 e. The van der Waals surface area contributed by atoms with Gasteiger partial charge in [0.15, 0.2) is 0 Å². The standard InChI is InChI=1S/C17H20N2O2/c1-10-4-5-14(11(2)8-10)16-12(3)19-7-6-13(17(20)21)9-15(19)18-16/h4-5,8,13H,6-7,9H2,1-3H3,(H,20,21). The highest BCUT2D eigenvalue weighted by atomic mass is 16.4. The second-order valence-corrected chi connectivity index (χ2v) is 5.96. The third-order valence-corrected chi connectivity index (χ3v) is 4.42. The van der Waals surface area contributed by atoms with Crippen LogP contribution in [0.25, 0.3) is 11.3 Å². The van der Waals surface area contributed by atoms with Crippen molar-refractivity contribution in [1.29, 1.82) is 0 Å². The van der Waals surface area contributed by atoms with E-state index in [0.717, 1.165) is 29.3 Å².